The van der Waals surface area contributed by atoms with Crippen LogP contribution in [0.2, 0.25) is 6.82 Å². The highest BCUT2D eigenvalue weighted by Gasteiger charge is 2.52. The van der Waals surface area contributed by atoms with E-state index in [2.05, 4.69) is 187 Å². The largest absolute Gasteiger partial charge is 0.426 e. The molecule has 5 aromatic carbocycles. The van der Waals surface area contributed by atoms with E-state index in [4.69, 9.17) is 4.65 Å². The highest BCUT2D eigenvalue weighted by molar-refractivity contribution is 6.67. The summed E-state index contributed by atoms with van der Waals surface area (Å²) in [5.41, 5.74) is 13.9. The van der Waals surface area contributed by atoms with Gasteiger partial charge in [-0.05, 0) is 77.2 Å². The van der Waals surface area contributed by atoms with Crippen LogP contribution >= 0.6 is 0 Å². The number of rotatable bonds is 7. The van der Waals surface area contributed by atoms with E-state index in [1.54, 1.807) is 0 Å². The van der Waals surface area contributed by atoms with E-state index in [-0.39, 0.29) is 17.9 Å². The molecule has 49 heavy (non-hydrogen) atoms. The average Bonchev–Trinajstić information content (AvgIpc) is 3.55. The first kappa shape index (κ1) is 31.4. The van der Waals surface area contributed by atoms with Crippen LogP contribution in [0.25, 0.3) is 49.7 Å². The molecule has 0 radical (unpaired) electrons. The van der Waals surface area contributed by atoms with Crippen LogP contribution in [0.15, 0.2) is 140 Å². The maximum atomic E-state index is 7.16. The number of allylic oxidation sites excluding steroid dienone is 5. The van der Waals surface area contributed by atoms with Gasteiger partial charge in [0.2, 0.25) is 0 Å². The summed E-state index contributed by atoms with van der Waals surface area (Å²) in [5, 5.41) is 2.54. The summed E-state index contributed by atoms with van der Waals surface area (Å²) < 4.78 is 9.69. The molecular formula is C46H44BNO. The number of aromatic nitrogens is 1. The van der Waals surface area contributed by atoms with Crippen molar-refractivity contribution >= 4 is 34.2 Å². The lowest BCUT2D eigenvalue weighted by Crippen LogP contribution is -2.49. The number of fused-ring (bicyclic) bond motifs is 6. The topological polar surface area (TPSA) is 14.2 Å². The van der Waals surface area contributed by atoms with Crippen molar-refractivity contribution in [2.45, 2.75) is 59.4 Å². The van der Waals surface area contributed by atoms with E-state index in [1.165, 1.54) is 71.9 Å². The first-order valence-corrected chi connectivity index (χ1v) is 17.6. The third-order valence-electron chi connectivity index (χ3n) is 11.6. The van der Waals surface area contributed by atoms with Gasteiger partial charge >= 0.3 is 6.92 Å². The maximum Gasteiger partial charge on any atom is 0.324 e. The van der Waals surface area contributed by atoms with Crippen molar-refractivity contribution in [1.29, 1.82) is 0 Å². The molecule has 1 atom stereocenters. The average molecular weight is 638 g/mol. The fourth-order valence-electron chi connectivity index (χ4n) is 8.43. The molecule has 3 heteroatoms. The molecule has 0 saturated carbocycles. The Bertz CT molecular complexity index is 2360. The Balaban J connectivity index is 1.63. The van der Waals surface area contributed by atoms with Crippen molar-refractivity contribution in [3.8, 4) is 27.9 Å². The summed E-state index contributed by atoms with van der Waals surface area (Å²) in [6, 6.07) is 38.3. The van der Waals surface area contributed by atoms with Crippen LogP contribution < -0.4 is 5.46 Å². The first-order valence-electron chi connectivity index (χ1n) is 17.6. The molecule has 1 unspecified atom stereocenters. The molecule has 0 bridgehead atoms. The molecule has 1 aliphatic carbocycles. The highest BCUT2D eigenvalue weighted by Crippen LogP contribution is 2.62. The van der Waals surface area contributed by atoms with Crippen LogP contribution in [0, 0.1) is 5.41 Å². The molecule has 6 aromatic rings. The molecule has 1 aliphatic heterocycles. The minimum absolute atomic E-state index is 0.0586. The number of nitrogens with zero attached hydrogens (tertiary/aromatic N) is 1. The van der Waals surface area contributed by atoms with Gasteiger partial charge in [0.15, 0.2) is 0 Å². The molecular weight excluding hydrogens is 593 g/mol. The van der Waals surface area contributed by atoms with Crippen LogP contribution in [0.3, 0.4) is 0 Å². The smallest absolute Gasteiger partial charge is 0.324 e. The van der Waals surface area contributed by atoms with Gasteiger partial charge in [0.05, 0.1) is 27.7 Å². The zero-order chi connectivity index (χ0) is 34.3. The van der Waals surface area contributed by atoms with E-state index >= 15 is 0 Å². The van der Waals surface area contributed by atoms with Crippen molar-refractivity contribution < 1.29 is 4.65 Å². The van der Waals surface area contributed by atoms with Crippen LogP contribution in [0.4, 0.5) is 0 Å². The maximum absolute atomic E-state index is 7.16. The van der Waals surface area contributed by atoms with Gasteiger partial charge in [-0.25, -0.2) is 0 Å². The van der Waals surface area contributed by atoms with Crippen LogP contribution in [0.5, 0.6) is 0 Å². The summed E-state index contributed by atoms with van der Waals surface area (Å²) in [6.45, 7) is 19.9. The monoisotopic (exact) mass is 637 g/mol. The van der Waals surface area contributed by atoms with Crippen molar-refractivity contribution in [3.63, 3.8) is 0 Å². The van der Waals surface area contributed by atoms with E-state index in [0.717, 1.165) is 5.57 Å². The van der Waals surface area contributed by atoms with Crippen molar-refractivity contribution in [1.82, 2.24) is 4.57 Å². The Morgan fingerprint density at radius 1 is 0.776 bits per heavy atom. The normalized spacial score (nSPS) is 16.8. The summed E-state index contributed by atoms with van der Waals surface area (Å²) >= 11 is 0. The van der Waals surface area contributed by atoms with E-state index in [1.807, 2.05) is 0 Å². The number of hydrogen-bond donors (Lipinski definition) is 0. The molecule has 0 amide bonds. The van der Waals surface area contributed by atoms with Crippen LogP contribution in [0.1, 0.15) is 58.2 Å². The third-order valence-corrected chi connectivity index (χ3v) is 11.6. The van der Waals surface area contributed by atoms with Gasteiger partial charge in [-0.3, -0.25) is 0 Å². The number of benzene rings is 5. The Morgan fingerprint density at radius 3 is 2.22 bits per heavy atom. The van der Waals surface area contributed by atoms with Crippen molar-refractivity contribution in [3.05, 3.63) is 156 Å². The molecule has 1 aromatic heterocycles. The van der Waals surface area contributed by atoms with E-state index < -0.39 is 5.41 Å². The minimum atomic E-state index is -0.635. The van der Waals surface area contributed by atoms with Gasteiger partial charge in [0.25, 0.3) is 0 Å². The molecule has 0 N–H and O–H groups in total. The zero-order valence-corrected chi connectivity index (χ0v) is 29.8. The Morgan fingerprint density at radius 2 is 1.49 bits per heavy atom. The molecule has 0 spiro atoms. The highest BCUT2D eigenvalue weighted by atomic mass is 16.5. The Hall–Kier alpha value is -4.86. The lowest BCUT2D eigenvalue weighted by Gasteiger charge is -2.42. The molecule has 0 fully saturated rings. The standard InChI is InChI=1S/C46H44BNO/c1-9-11-19-30(10-2)46(31-20-13-12-14-21-31)36-28-26-35-33-23-16-18-25-39(33)48-38-24-17-15-22-32(38)34-27-29-37(42(46)40(34)41(36)43(35)48)47(8)49-45(6,7)44(3,4)5/h9-29H,2H2,1,3-8H3/b11-9-,30-19+. The van der Waals surface area contributed by atoms with Crippen molar-refractivity contribution in [2.24, 2.45) is 5.41 Å². The van der Waals surface area contributed by atoms with Gasteiger partial charge in [-0.15, -0.1) is 0 Å². The van der Waals surface area contributed by atoms with Crippen molar-refractivity contribution in [2.75, 3.05) is 0 Å². The fourth-order valence-corrected chi connectivity index (χ4v) is 8.43. The van der Waals surface area contributed by atoms with E-state index in [9.17, 15) is 0 Å². The third kappa shape index (κ3) is 4.25. The van der Waals surface area contributed by atoms with Gasteiger partial charge in [-0.2, -0.15) is 0 Å². The predicted molar refractivity (Wildman–Crippen MR) is 210 cm³/mol. The Kier molecular flexibility index (Phi) is 7.11. The lowest BCUT2D eigenvalue weighted by atomic mass is 9.54. The summed E-state index contributed by atoms with van der Waals surface area (Å²) in [6.07, 6.45) is 8.60. The molecule has 242 valence electrons. The molecule has 2 aliphatic rings. The minimum Gasteiger partial charge on any atom is -0.426 e. The van der Waals surface area contributed by atoms with Gasteiger partial charge in [-0.1, -0.05) is 149 Å². The fraction of sp³-hybridized carbons (Fsp3) is 0.217. The second kappa shape index (κ2) is 11.1. The van der Waals surface area contributed by atoms with Gasteiger partial charge in [0, 0.05) is 21.9 Å². The number of para-hydroxylation sites is 2. The Labute approximate surface area is 291 Å². The zero-order valence-electron chi connectivity index (χ0n) is 29.8. The SMILES string of the molecule is C=C/C(=C\C=C/C)C1(c2ccccc2)c2ccc3c4ccccc4n4c3c2-c2c(ccc(B(C)OC(C)(C)C(C)(C)C)c21)-c1ccccc1-4. The van der Waals surface area contributed by atoms with Gasteiger partial charge < -0.3 is 9.22 Å². The number of hydrogen-bond acceptors (Lipinski definition) is 1. The first-order chi connectivity index (χ1) is 23.6. The second-order valence-corrected chi connectivity index (χ2v) is 15.2. The molecule has 0 saturated heterocycles. The van der Waals surface area contributed by atoms with Crippen LogP contribution in [-0.2, 0) is 10.1 Å². The predicted octanol–water partition coefficient (Wildman–Crippen LogP) is 11.4. The van der Waals surface area contributed by atoms with Gasteiger partial charge in [0.1, 0.15) is 0 Å². The summed E-state index contributed by atoms with van der Waals surface area (Å²) in [5.74, 6) is 0. The molecule has 2 heterocycles. The van der Waals surface area contributed by atoms with E-state index in [0.29, 0.717) is 0 Å². The summed E-state index contributed by atoms with van der Waals surface area (Å²) in [7, 11) is 0. The van der Waals surface area contributed by atoms with Crippen LogP contribution in [-0.4, -0.2) is 17.1 Å². The lowest BCUT2D eigenvalue weighted by molar-refractivity contribution is 0.000416. The second-order valence-electron chi connectivity index (χ2n) is 15.2. The quantitative estimate of drug-likeness (QED) is 0.125. The molecule has 2 nitrogen and oxygen atoms in total. The molecule has 8 rings (SSSR count). The summed E-state index contributed by atoms with van der Waals surface area (Å²) in [4.78, 5) is 0.